The lowest BCUT2D eigenvalue weighted by atomic mass is 10.1. The molecule has 0 saturated heterocycles. The van der Waals surface area contributed by atoms with Crippen molar-refractivity contribution in [2.75, 3.05) is 20.7 Å². The summed E-state index contributed by atoms with van der Waals surface area (Å²) in [7, 11) is 3.45. The Balaban J connectivity index is 2.36. The molecular formula is C12H17FN2O2. The van der Waals surface area contributed by atoms with Gasteiger partial charge in [-0.15, -0.1) is 0 Å². The highest BCUT2D eigenvalue weighted by Crippen LogP contribution is 2.09. The minimum atomic E-state index is -0.237. The molecule has 0 atom stereocenters. The minimum Gasteiger partial charge on any atom is -0.367 e. The fourth-order valence-electron chi connectivity index (χ4n) is 1.34. The third kappa shape index (κ3) is 4.93. The molecule has 1 amide bonds. The van der Waals surface area contributed by atoms with Crippen molar-refractivity contribution in [3.63, 3.8) is 0 Å². The maximum Gasteiger partial charge on any atom is 0.260 e. The number of halogens is 1. The predicted molar refractivity (Wildman–Crippen MR) is 62.6 cm³/mol. The van der Waals surface area contributed by atoms with Gasteiger partial charge in [0.15, 0.2) is 0 Å². The van der Waals surface area contributed by atoms with Crippen LogP contribution in [0.25, 0.3) is 0 Å². The Morgan fingerprint density at radius 2 is 2.18 bits per heavy atom. The average Bonchev–Trinajstić information content (AvgIpc) is 2.22. The van der Waals surface area contributed by atoms with Crippen LogP contribution in [0.5, 0.6) is 0 Å². The van der Waals surface area contributed by atoms with Gasteiger partial charge in [-0.05, 0) is 24.1 Å². The summed E-state index contributed by atoms with van der Waals surface area (Å²) >= 11 is 0. The number of rotatable bonds is 5. The third-order valence-electron chi connectivity index (χ3n) is 2.07. The van der Waals surface area contributed by atoms with Crippen molar-refractivity contribution >= 4 is 5.91 Å². The molecule has 0 aliphatic carbocycles. The Morgan fingerprint density at radius 1 is 1.47 bits per heavy atom. The number of hydrogen-bond acceptors (Lipinski definition) is 3. The highest BCUT2D eigenvalue weighted by Gasteiger charge is 2.03. The summed E-state index contributed by atoms with van der Waals surface area (Å²) in [6.07, 6.45) is 0. The molecule has 0 fully saturated rings. The summed E-state index contributed by atoms with van der Waals surface area (Å²) in [5, 5.41) is 1.55. The standard InChI is InChI=1S/C12H17FN2O2/c1-9-6-10(4-5-11(9)13)7-17-8-12(16)14-15(2)3/h4-6H,7-8H2,1-3H3,(H,14,16). The van der Waals surface area contributed by atoms with Crippen molar-refractivity contribution in [2.45, 2.75) is 13.5 Å². The number of benzene rings is 1. The first-order valence-electron chi connectivity index (χ1n) is 5.28. The van der Waals surface area contributed by atoms with Crippen LogP contribution in [-0.4, -0.2) is 31.6 Å². The zero-order valence-electron chi connectivity index (χ0n) is 10.3. The SMILES string of the molecule is Cc1cc(COCC(=O)NN(C)C)ccc1F. The largest absolute Gasteiger partial charge is 0.367 e. The fourth-order valence-corrected chi connectivity index (χ4v) is 1.34. The maximum absolute atomic E-state index is 13.0. The maximum atomic E-state index is 13.0. The van der Waals surface area contributed by atoms with E-state index >= 15 is 0 Å². The van der Waals surface area contributed by atoms with Crippen LogP contribution in [0.2, 0.25) is 0 Å². The zero-order valence-corrected chi connectivity index (χ0v) is 10.3. The second-order valence-electron chi connectivity index (χ2n) is 4.01. The highest BCUT2D eigenvalue weighted by atomic mass is 19.1. The Labute approximate surface area is 100 Å². The van der Waals surface area contributed by atoms with Crippen LogP contribution in [-0.2, 0) is 16.1 Å². The molecule has 1 aromatic carbocycles. The summed E-state index contributed by atoms with van der Waals surface area (Å²) in [6.45, 7) is 1.97. The molecule has 0 unspecified atom stereocenters. The van der Waals surface area contributed by atoms with Gasteiger partial charge in [-0.1, -0.05) is 12.1 Å². The molecule has 0 aliphatic rings. The summed E-state index contributed by atoms with van der Waals surface area (Å²) in [4.78, 5) is 11.2. The van der Waals surface area contributed by atoms with E-state index < -0.39 is 0 Å². The van der Waals surface area contributed by atoms with Crippen molar-refractivity contribution in [2.24, 2.45) is 0 Å². The van der Waals surface area contributed by atoms with Crippen molar-refractivity contribution in [1.29, 1.82) is 0 Å². The van der Waals surface area contributed by atoms with E-state index in [2.05, 4.69) is 5.43 Å². The topological polar surface area (TPSA) is 41.6 Å². The number of amides is 1. The van der Waals surface area contributed by atoms with Crippen molar-refractivity contribution < 1.29 is 13.9 Å². The first-order valence-corrected chi connectivity index (χ1v) is 5.28. The second kappa shape index (κ2) is 6.32. The molecule has 0 bridgehead atoms. The first kappa shape index (κ1) is 13.6. The average molecular weight is 240 g/mol. The number of hydrogen-bond donors (Lipinski definition) is 1. The highest BCUT2D eigenvalue weighted by molar-refractivity contribution is 5.76. The Morgan fingerprint density at radius 3 is 2.76 bits per heavy atom. The van der Waals surface area contributed by atoms with Gasteiger partial charge in [0, 0.05) is 14.1 Å². The van der Waals surface area contributed by atoms with Crippen molar-refractivity contribution in [1.82, 2.24) is 10.4 Å². The number of nitrogens with zero attached hydrogens (tertiary/aromatic N) is 1. The predicted octanol–water partition coefficient (Wildman–Crippen LogP) is 1.24. The van der Waals surface area contributed by atoms with E-state index in [0.29, 0.717) is 12.2 Å². The fraction of sp³-hybridized carbons (Fsp3) is 0.417. The first-order chi connectivity index (χ1) is 7.99. The molecule has 1 aromatic rings. The van der Waals surface area contributed by atoms with E-state index in [-0.39, 0.29) is 18.3 Å². The molecule has 1 N–H and O–H groups in total. The van der Waals surface area contributed by atoms with Crippen LogP contribution < -0.4 is 5.43 Å². The van der Waals surface area contributed by atoms with Gasteiger partial charge in [0.1, 0.15) is 12.4 Å². The van der Waals surface area contributed by atoms with Gasteiger partial charge < -0.3 is 4.74 Å². The number of nitrogens with one attached hydrogen (secondary N) is 1. The van der Waals surface area contributed by atoms with Gasteiger partial charge >= 0.3 is 0 Å². The lowest BCUT2D eigenvalue weighted by Crippen LogP contribution is -2.38. The number of aryl methyl sites for hydroxylation is 1. The van der Waals surface area contributed by atoms with Crippen LogP contribution in [0.15, 0.2) is 18.2 Å². The van der Waals surface area contributed by atoms with Gasteiger partial charge in [0.2, 0.25) is 0 Å². The van der Waals surface area contributed by atoms with Gasteiger partial charge in [-0.3, -0.25) is 10.2 Å². The van der Waals surface area contributed by atoms with E-state index in [1.54, 1.807) is 38.2 Å². The van der Waals surface area contributed by atoms with Crippen LogP contribution >= 0.6 is 0 Å². The Kier molecular flexibility index (Phi) is 5.06. The van der Waals surface area contributed by atoms with Crippen LogP contribution in [0.1, 0.15) is 11.1 Å². The summed E-state index contributed by atoms with van der Waals surface area (Å²) in [5.74, 6) is -0.451. The molecular weight excluding hydrogens is 223 g/mol. The molecule has 1 rings (SSSR count). The normalized spacial score (nSPS) is 10.6. The van der Waals surface area contributed by atoms with E-state index in [1.807, 2.05) is 0 Å². The summed E-state index contributed by atoms with van der Waals surface area (Å²) in [5.41, 5.74) is 3.98. The van der Waals surface area contributed by atoms with Gasteiger partial charge in [0.25, 0.3) is 5.91 Å². The van der Waals surface area contributed by atoms with Crippen molar-refractivity contribution in [3.05, 3.63) is 35.1 Å². The smallest absolute Gasteiger partial charge is 0.260 e. The van der Waals surface area contributed by atoms with Gasteiger partial charge in [-0.2, -0.15) is 0 Å². The Bertz CT molecular complexity index is 394. The summed E-state index contributed by atoms with van der Waals surface area (Å²) in [6, 6.07) is 4.75. The molecule has 0 aliphatic heterocycles. The monoisotopic (exact) mass is 240 g/mol. The van der Waals surface area contributed by atoms with E-state index in [4.69, 9.17) is 4.74 Å². The van der Waals surface area contributed by atoms with E-state index in [9.17, 15) is 9.18 Å². The molecule has 5 heteroatoms. The molecule has 0 radical (unpaired) electrons. The molecule has 0 aromatic heterocycles. The second-order valence-corrected chi connectivity index (χ2v) is 4.01. The number of ether oxygens (including phenoxy) is 1. The molecule has 4 nitrogen and oxygen atoms in total. The third-order valence-corrected chi connectivity index (χ3v) is 2.07. The number of carbonyl (C=O) groups excluding carboxylic acids is 1. The van der Waals surface area contributed by atoms with Crippen LogP contribution in [0.4, 0.5) is 4.39 Å². The molecule has 0 saturated carbocycles. The Hall–Kier alpha value is -1.46. The number of carbonyl (C=O) groups is 1. The quantitative estimate of drug-likeness (QED) is 0.787. The molecule has 0 spiro atoms. The van der Waals surface area contributed by atoms with E-state index in [0.717, 1.165) is 5.56 Å². The van der Waals surface area contributed by atoms with Gasteiger partial charge in [0.05, 0.1) is 6.61 Å². The van der Waals surface area contributed by atoms with E-state index in [1.165, 1.54) is 6.07 Å². The van der Waals surface area contributed by atoms with Crippen LogP contribution in [0, 0.1) is 12.7 Å². The van der Waals surface area contributed by atoms with Crippen molar-refractivity contribution in [3.8, 4) is 0 Å². The van der Waals surface area contributed by atoms with Crippen LogP contribution in [0.3, 0.4) is 0 Å². The van der Waals surface area contributed by atoms with Gasteiger partial charge in [-0.25, -0.2) is 9.40 Å². The zero-order chi connectivity index (χ0) is 12.8. The molecule has 17 heavy (non-hydrogen) atoms. The molecule has 0 heterocycles. The number of hydrazine groups is 1. The lowest BCUT2D eigenvalue weighted by molar-refractivity contribution is -0.129. The lowest BCUT2D eigenvalue weighted by Gasteiger charge is -2.11. The minimum absolute atomic E-state index is 0.0192. The summed E-state index contributed by atoms with van der Waals surface area (Å²) < 4.78 is 18.2. The molecule has 94 valence electrons.